The molecular formula is C13H18N2O4. The summed E-state index contributed by atoms with van der Waals surface area (Å²) in [7, 11) is 0. The van der Waals surface area contributed by atoms with E-state index in [1.807, 2.05) is 0 Å². The van der Waals surface area contributed by atoms with Crippen LogP contribution in [0.25, 0.3) is 0 Å². The summed E-state index contributed by atoms with van der Waals surface area (Å²) in [5.41, 5.74) is 1.58. The average Bonchev–Trinajstić information content (AvgIpc) is 2.69. The molecule has 0 radical (unpaired) electrons. The molecule has 3 atom stereocenters. The minimum Gasteiger partial charge on any atom is -0.394 e. The number of fused-ring (bicyclic) bond motifs is 1. The number of aliphatic hydroxyl groups excluding tert-OH is 2. The molecule has 1 aromatic heterocycles. The number of aliphatic hydroxyl groups is 2. The molecule has 0 spiro atoms. The maximum absolute atomic E-state index is 12.0. The zero-order valence-corrected chi connectivity index (χ0v) is 11.0. The third-order valence-corrected chi connectivity index (χ3v) is 4.06. The van der Waals surface area contributed by atoms with Gasteiger partial charge in [0.1, 0.15) is 12.3 Å². The van der Waals surface area contributed by atoms with Crippen LogP contribution in [-0.2, 0) is 16.6 Å². The van der Waals surface area contributed by atoms with E-state index < -0.39 is 18.4 Å². The first-order valence-corrected chi connectivity index (χ1v) is 6.49. The Balaban J connectivity index is 1.94. The lowest BCUT2D eigenvalue weighted by molar-refractivity contribution is -0.0461. The lowest BCUT2D eigenvalue weighted by Gasteiger charge is -2.37. The molecule has 0 amide bonds. The largest absolute Gasteiger partial charge is 0.394 e. The summed E-state index contributed by atoms with van der Waals surface area (Å²) in [5.74, 6) is 0. The van der Waals surface area contributed by atoms with Crippen molar-refractivity contribution in [3.05, 3.63) is 27.9 Å². The minimum atomic E-state index is -0.749. The third kappa shape index (κ3) is 1.91. The van der Waals surface area contributed by atoms with Gasteiger partial charge in [-0.15, -0.1) is 0 Å². The van der Waals surface area contributed by atoms with Crippen LogP contribution < -0.4 is 5.69 Å². The topological polar surface area (TPSA) is 84.6 Å². The monoisotopic (exact) mass is 266 g/mol. The Morgan fingerprint density at radius 3 is 2.89 bits per heavy atom. The molecule has 1 aliphatic carbocycles. The number of rotatable bonds is 2. The molecule has 1 aromatic rings. The van der Waals surface area contributed by atoms with Crippen molar-refractivity contribution in [2.45, 2.75) is 50.5 Å². The van der Waals surface area contributed by atoms with Crippen LogP contribution in [-0.4, -0.2) is 38.6 Å². The van der Waals surface area contributed by atoms with Gasteiger partial charge < -0.3 is 14.9 Å². The summed E-state index contributed by atoms with van der Waals surface area (Å²) < 4.78 is 6.93. The van der Waals surface area contributed by atoms with Gasteiger partial charge in [0.2, 0.25) is 0 Å². The van der Waals surface area contributed by atoms with E-state index in [1.54, 1.807) is 6.20 Å². The molecule has 104 valence electrons. The minimum absolute atomic E-state index is 0.0331. The number of hydrogen-bond acceptors (Lipinski definition) is 5. The van der Waals surface area contributed by atoms with E-state index in [0.29, 0.717) is 6.42 Å². The highest BCUT2D eigenvalue weighted by Gasteiger charge is 2.39. The van der Waals surface area contributed by atoms with Crippen molar-refractivity contribution >= 4 is 0 Å². The maximum atomic E-state index is 12.0. The second-order valence-corrected chi connectivity index (χ2v) is 5.97. The fourth-order valence-electron chi connectivity index (χ4n) is 2.87. The predicted molar refractivity (Wildman–Crippen MR) is 66.8 cm³/mol. The first-order valence-electron chi connectivity index (χ1n) is 6.49. The second-order valence-electron chi connectivity index (χ2n) is 5.97. The van der Waals surface area contributed by atoms with E-state index in [0.717, 1.165) is 17.7 Å². The summed E-state index contributed by atoms with van der Waals surface area (Å²) in [6.07, 6.45) is 0.967. The van der Waals surface area contributed by atoms with Gasteiger partial charge in [0.05, 0.1) is 18.4 Å². The molecule has 2 N–H and O–H groups in total. The summed E-state index contributed by atoms with van der Waals surface area (Å²) in [6, 6.07) is 0. The number of nitrogens with zero attached hydrogens (tertiary/aromatic N) is 2. The standard InChI is InChI=1S/C13H18N2O4/c1-13(2)4-8-7(13)5-15(12(18)14-8)11-3-9(17)10(6-16)19-11/h5,9-11,16-17H,3-4,6H2,1-2H3/t9-,10+,11+/m0/s1. The third-order valence-electron chi connectivity index (χ3n) is 4.06. The zero-order valence-electron chi connectivity index (χ0n) is 11.0. The van der Waals surface area contributed by atoms with Crippen LogP contribution in [0.4, 0.5) is 0 Å². The molecule has 1 aliphatic heterocycles. The molecule has 0 aromatic carbocycles. The van der Waals surface area contributed by atoms with Crippen molar-refractivity contribution in [1.29, 1.82) is 0 Å². The average molecular weight is 266 g/mol. The van der Waals surface area contributed by atoms with Gasteiger partial charge in [-0.05, 0) is 17.4 Å². The highest BCUT2D eigenvalue weighted by Crippen LogP contribution is 2.39. The Hall–Kier alpha value is -1.24. The highest BCUT2D eigenvalue weighted by atomic mass is 16.5. The second kappa shape index (κ2) is 4.13. The fraction of sp³-hybridized carbons (Fsp3) is 0.692. The van der Waals surface area contributed by atoms with Crippen LogP contribution in [0.3, 0.4) is 0 Å². The Morgan fingerprint density at radius 1 is 1.58 bits per heavy atom. The first-order chi connectivity index (χ1) is 8.92. The molecule has 1 saturated heterocycles. The van der Waals surface area contributed by atoms with Gasteiger partial charge in [-0.1, -0.05) is 13.8 Å². The Labute approximate surface area is 110 Å². The molecule has 0 bridgehead atoms. The zero-order chi connectivity index (χ0) is 13.8. The summed E-state index contributed by atoms with van der Waals surface area (Å²) >= 11 is 0. The van der Waals surface area contributed by atoms with E-state index in [2.05, 4.69) is 18.8 Å². The van der Waals surface area contributed by atoms with Crippen molar-refractivity contribution in [2.75, 3.05) is 6.61 Å². The Bertz CT molecular complexity index is 566. The van der Waals surface area contributed by atoms with Crippen molar-refractivity contribution in [2.24, 2.45) is 0 Å². The predicted octanol–water partition coefficient (Wildman–Crippen LogP) is -0.282. The number of aromatic nitrogens is 2. The van der Waals surface area contributed by atoms with E-state index in [-0.39, 0.29) is 17.7 Å². The highest BCUT2D eigenvalue weighted by molar-refractivity contribution is 5.37. The van der Waals surface area contributed by atoms with E-state index in [4.69, 9.17) is 9.84 Å². The Kier molecular flexibility index (Phi) is 2.78. The van der Waals surface area contributed by atoms with Crippen molar-refractivity contribution in [1.82, 2.24) is 9.55 Å². The Morgan fingerprint density at radius 2 is 2.32 bits per heavy atom. The van der Waals surface area contributed by atoms with Crippen LogP contribution >= 0.6 is 0 Å². The first kappa shape index (κ1) is 12.8. The summed E-state index contributed by atoms with van der Waals surface area (Å²) in [6.45, 7) is 3.95. The summed E-state index contributed by atoms with van der Waals surface area (Å²) in [5, 5.41) is 18.8. The SMILES string of the molecule is CC1(C)Cc2nc(=O)n([C@H]3C[C@H](O)[C@@H](CO)O3)cc21. The van der Waals surface area contributed by atoms with Crippen LogP contribution in [0.1, 0.15) is 37.8 Å². The van der Waals surface area contributed by atoms with E-state index in [1.165, 1.54) is 4.57 Å². The molecule has 3 rings (SSSR count). The molecule has 0 unspecified atom stereocenters. The molecule has 19 heavy (non-hydrogen) atoms. The van der Waals surface area contributed by atoms with Gasteiger partial charge in [0.25, 0.3) is 0 Å². The van der Waals surface area contributed by atoms with Crippen molar-refractivity contribution in [3.63, 3.8) is 0 Å². The van der Waals surface area contributed by atoms with Gasteiger partial charge in [-0.25, -0.2) is 4.79 Å². The molecule has 2 aliphatic rings. The van der Waals surface area contributed by atoms with Gasteiger partial charge in [-0.2, -0.15) is 4.98 Å². The lowest BCUT2D eigenvalue weighted by atomic mass is 9.70. The van der Waals surface area contributed by atoms with Crippen LogP contribution in [0.15, 0.2) is 11.0 Å². The molecular weight excluding hydrogens is 248 g/mol. The van der Waals surface area contributed by atoms with Gasteiger partial charge in [0.15, 0.2) is 0 Å². The molecule has 1 fully saturated rings. The normalized spacial score (nSPS) is 31.9. The number of ether oxygens (including phenoxy) is 1. The smallest absolute Gasteiger partial charge is 0.349 e. The van der Waals surface area contributed by atoms with Crippen LogP contribution in [0.5, 0.6) is 0 Å². The summed E-state index contributed by atoms with van der Waals surface area (Å²) in [4.78, 5) is 16.0. The quantitative estimate of drug-likeness (QED) is 0.769. The molecule has 2 heterocycles. The number of hydrogen-bond donors (Lipinski definition) is 2. The van der Waals surface area contributed by atoms with Gasteiger partial charge >= 0.3 is 5.69 Å². The van der Waals surface area contributed by atoms with Gasteiger partial charge in [-0.3, -0.25) is 4.57 Å². The lowest BCUT2D eigenvalue weighted by Crippen LogP contribution is -2.40. The van der Waals surface area contributed by atoms with E-state index >= 15 is 0 Å². The van der Waals surface area contributed by atoms with Crippen LogP contribution in [0.2, 0.25) is 0 Å². The van der Waals surface area contributed by atoms with E-state index in [9.17, 15) is 9.90 Å². The fourth-order valence-corrected chi connectivity index (χ4v) is 2.87. The van der Waals surface area contributed by atoms with Crippen LogP contribution in [0, 0.1) is 0 Å². The molecule has 0 saturated carbocycles. The van der Waals surface area contributed by atoms with Crippen molar-refractivity contribution in [3.8, 4) is 0 Å². The molecule has 6 heteroatoms. The maximum Gasteiger partial charge on any atom is 0.349 e. The van der Waals surface area contributed by atoms with Crippen molar-refractivity contribution < 1.29 is 14.9 Å². The molecule has 6 nitrogen and oxygen atoms in total. The van der Waals surface area contributed by atoms with Gasteiger partial charge in [0, 0.05) is 12.6 Å².